The first-order chi connectivity index (χ1) is 16.7. The molecule has 0 saturated carbocycles. The summed E-state index contributed by atoms with van der Waals surface area (Å²) in [6.07, 6.45) is 23.1. The van der Waals surface area contributed by atoms with Crippen LogP contribution in [0.1, 0.15) is 11.1 Å². The van der Waals surface area contributed by atoms with Crippen LogP contribution in [0.5, 0.6) is 0 Å². The summed E-state index contributed by atoms with van der Waals surface area (Å²) >= 11 is 0. The summed E-state index contributed by atoms with van der Waals surface area (Å²) in [5.41, 5.74) is 2.30. The first-order valence-electron chi connectivity index (χ1n) is 10.8. The van der Waals surface area contributed by atoms with Crippen LogP contribution in [0.15, 0.2) is 139 Å². The fourth-order valence-corrected chi connectivity index (χ4v) is 2.85. The second-order valence-corrected chi connectivity index (χ2v) is 7.05. The number of benzene rings is 3. The molecule has 171 valence electrons. The number of allylic oxidation sites excluding steroid dienone is 8. The van der Waals surface area contributed by atoms with E-state index in [1.165, 1.54) is 24.3 Å². The number of aliphatic imine (C=N–C) groups is 1. The van der Waals surface area contributed by atoms with Gasteiger partial charge in [0.25, 0.3) is 0 Å². The van der Waals surface area contributed by atoms with E-state index in [2.05, 4.69) is 11.1 Å². The van der Waals surface area contributed by atoms with E-state index >= 15 is 0 Å². The van der Waals surface area contributed by atoms with Gasteiger partial charge in [0.1, 0.15) is 5.82 Å². The van der Waals surface area contributed by atoms with E-state index in [4.69, 9.17) is 0 Å². The van der Waals surface area contributed by atoms with Crippen molar-refractivity contribution in [3.63, 3.8) is 0 Å². The fraction of sp³-hybridized carbons (Fsp3) is 0. The Kier molecular flexibility index (Phi) is 13.0. The van der Waals surface area contributed by atoms with E-state index in [9.17, 15) is 9.50 Å². The molecule has 2 aliphatic carbocycles. The summed E-state index contributed by atoms with van der Waals surface area (Å²) in [5.74, 6) is -0.785. The molecule has 5 rings (SSSR count). The molecule has 0 saturated heterocycles. The minimum atomic E-state index is -0.420. The molecule has 0 aliphatic heterocycles. The van der Waals surface area contributed by atoms with Crippen molar-refractivity contribution in [3.05, 3.63) is 169 Å². The molecule has 0 spiro atoms. The van der Waals surface area contributed by atoms with Crippen molar-refractivity contribution < 1.29 is 35.7 Å². The largest absolute Gasteiger partial charge is 0.858 e. The zero-order valence-corrected chi connectivity index (χ0v) is 21.5. The van der Waals surface area contributed by atoms with Crippen molar-refractivity contribution in [1.29, 1.82) is 0 Å². The summed E-state index contributed by atoms with van der Waals surface area (Å²) in [7, 11) is 0. The molecular formula is C31H24FNOZr-. The smallest absolute Gasteiger partial charge is 0.123 e. The Bertz CT molecular complexity index is 1150. The zero-order chi connectivity index (χ0) is 23.8. The van der Waals surface area contributed by atoms with Crippen molar-refractivity contribution in [2.45, 2.75) is 0 Å². The Morgan fingerprint density at radius 2 is 1.11 bits per heavy atom. The van der Waals surface area contributed by atoms with Crippen LogP contribution in [0.3, 0.4) is 0 Å². The Morgan fingerprint density at radius 1 is 0.629 bits per heavy atom. The predicted molar refractivity (Wildman–Crippen MR) is 137 cm³/mol. The van der Waals surface area contributed by atoms with Gasteiger partial charge in [-0.15, -0.1) is 0 Å². The van der Waals surface area contributed by atoms with Crippen molar-refractivity contribution in [3.8, 4) is 0 Å². The molecule has 3 aromatic carbocycles. The molecule has 0 fully saturated rings. The molecule has 0 aromatic heterocycles. The minimum absolute atomic E-state index is 0. The molecule has 0 bridgehead atoms. The average molecular weight is 537 g/mol. The number of nitrogens with zero attached hydrogens (tertiary/aromatic N) is 1. The summed E-state index contributed by atoms with van der Waals surface area (Å²) in [5, 5.41) is 12.6. The van der Waals surface area contributed by atoms with Gasteiger partial charge in [-0.2, -0.15) is 0 Å². The third-order valence-corrected chi connectivity index (χ3v) is 4.49. The van der Waals surface area contributed by atoms with Gasteiger partial charge >= 0.3 is 0 Å². The van der Waals surface area contributed by atoms with Crippen molar-refractivity contribution in [2.24, 2.45) is 4.99 Å². The number of hydrogen-bond acceptors (Lipinski definition) is 2. The molecule has 4 heteroatoms. The third-order valence-electron chi connectivity index (χ3n) is 4.49. The van der Waals surface area contributed by atoms with E-state index in [0.717, 1.165) is 11.1 Å². The van der Waals surface area contributed by atoms with Crippen LogP contribution in [0.2, 0.25) is 0 Å². The van der Waals surface area contributed by atoms with Crippen LogP contribution >= 0.6 is 0 Å². The summed E-state index contributed by atoms with van der Waals surface area (Å²) in [6.45, 7) is 0. The van der Waals surface area contributed by atoms with E-state index in [0.29, 0.717) is 11.3 Å². The van der Waals surface area contributed by atoms with E-state index in [1.54, 1.807) is 0 Å². The number of rotatable bonds is 4. The quantitative estimate of drug-likeness (QED) is 0.206. The van der Waals surface area contributed by atoms with Crippen LogP contribution < -0.4 is 5.11 Å². The fourth-order valence-electron chi connectivity index (χ4n) is 2.85. The van der Waals surface area contributed by atoms with Gasteiger partial charge in [-0.3, -0.25) is 4.99 Å². The Balaban J connectivity index is 0.000000324. The van der Waals surface area contributed by atoms with Crippen molar-refractivity contribution in [1.82, 2.24) is 0 Å². The number of halogens is 1. The Hall–Kier alpha value is -3.36. The molecule has 3 radical (unpaired) electrons. The molecule has 0 N–H and O–H groups in total. The molecule has 0 heterocycles. The van der Waals surface area contributed by atoms with Gasteiger partial charge in [0, 0.05) is 44.6 Å². The molecule has 0 unspecified atom stereocenters. The van der Waals surface area contributed by atoms with Crippen LogP contribution in [0.4, 0.5) is 10.1 Å². The normalized spacial score (nSPS) is 13.4. The summed E-state index contributed by atoms with van der Waals surface area (Å²) in [6, 6.07) is 24.2. The standard InChI is InChI=1S/C21H15FNO.2C5H5.Zr/c22-18-11-13-19(14-12-18)23-21(24)20(17-9-5-2-6-10-17)15-16-7-3-1-4-8-16;2*1-2-4-5-3-1;/h1-14H,(H,23,24);2*1-5H;/p-1. The summed E-state index contributed by atoms with van der Waals surface area (Å²) < 4.78 is 13.0. The van der Waals surface area contributed by atoms with E-state index < -0.39 is 5.90 Å². The first-order valence-corrected chi connectivity index (χ1v) is 10.8. The van der Waals surface area contributed by atoms with Crippen LogP contribution in [-0.4, -0.2) is 5.90 Å². The second-order valence-electron chi connectivity index (χ2n) is 7.05. The van der Waals surface area contributed by atoms with E-state index in [-0.39, 0.29) is 32.0 Å². The third kappa shape index (κ3) is 10.6. The molecule has 0 atom stereocenters. The zero-order valence-electron chi connectivity index (χ0n) is 19.1. The molecule has 2 aliphatic rings. The molecular weight excluding hydrogens is 513 g/mol. The van der Waals surface area contributed by atoms with Gasteiger partial charge in [0.15, 0.2) is 0 Å². The van der Waals surface area contributed by atoms with Gasteiger partial charge < -0.3 is 5.11 Å². The second kappa shape index (κ2) is 16.3. The minimum Gasteiger partial charge on any atom is -0.858 e. The maximum absolute atomic E-state index is 13.0. The SMILES string of the molecule is [CH]1C=CC=C1.[CH]1C=CC=C1.[O-]C(=Nc1ccc(F)cc1)C(=[C]c1ccccc1)c1ccccc1.[Zr]. The van der Waals surface area contributed by atoms with E-state index in [1.807, 2.05) is 122 Å². The van der Waals surface area contributed by atoms with Gasteiger partial charge in [-0.05, 0) is 47.4 Å². The molecule has 3 aromatic rings. The Morgan fingerprint density at radius 3 is 1.57 bits per heavy atom. The molecule has 0 amide bonds. The number of hydrogen-bond donors (Lipinski definition) is 0. The molecule has 2 nitrogen and oxygen atoms in total. The van der Waals surface area contributed by atoms with Crippen molar-refractivity contribution >= 4 is 17.2 Å². The maximum atomic E-state index is 13.0. The predicted octanol–water partition coefficient (Wildman–Crippen LogP) is 6.78. The Labute approximate surface area is 226 Å². The van der Waals surface area contributed by atoms with Crippen molar-refractivity contribution in [2.75, 3.05) is 0 Å². The topological polar surface area (TPSA) is 35.4 Å². The van der Waals surface area contributed by atoms with Crippen LogP contribution in [0, 0.1) is 24.7 Å². The average Bonchev–Trinajstić information content (AvgIpc) is 3.65. The van der Waals surface area contributed by atoms with Gasteiger partial charge in [-0.25, -0.2) is 4.39 Å². The first kappa shape index (κ1) is 27.9. The van der Waals surface area contributed by atoms with Crippen LogP contribution in [0.25, 0.3) is 5.57 Å². The van der Waals surface area contributed by atoms with Gasteiger partial charge in [0.05, 0.1) is 5.69 Å². The maximum Gasteiger partial charge on any atom is 0.123 e. The molecule has 35 heavy (non-hydrogen) atoms. The van der Waals surface area contributed by atoms with Gasteiger partial charge in [0.2, 0.25) is 0 Å². The van der Waals surface area contributed by atoms with Crippen LogP contribution in [-0.2, 0) is 26.2 Å². The van der Waals surface area contributed by atoms with Gasteiger partial charge in [-0.1, -0.05) is 109 Å². The summed E-state index contributed by atoms with van der Waals surface area (Å²) in [4.78, 5) is 4.07. The monoisotopic (exact) mass is 535 g/mol.